The Labute approximate surface area is 110 Å². The lowest BCUT2D eigenvalue weighted by molar-refractivity contribution is 0.370. The van der Waals surface area contributed by atoms with Crippen LogP contribution in [0.5, 0.6) is 0 Å². The number of rotatable bonds is 12. The summed E-state index contributed by atoms with van der Waals surface area (Å²) < 4.78 is 10.6. The van der Waals surface area contributed by atoms with Crippen LogP contribution in [0.25, 0.3) is 0 Å². The second kappa shape index (κ2) is 11.5. The third kappa shape index (κ3) is 16.4. The van der Waals surface area contributed by atoms with E-state index in [9.17, 15) is 4.57 Å². The predicted molar refractivity (Wildman–Crippen MR) is 73.8 cm³/mol. The zero-order valence-electron chi connectivity index (χ0n) is 10.6. The van der Waals surface area contributed by atoms with Crippen molar-refractivity contribution in [2.45, 2.75) is 64.2 Å². The van der Waals surface area contributed by atoms with E-state index in [0.717, 1.165) is 25.1 Å². The number of hydrogen-bond acceptors (Lipinski definition) is 1. The van der Waals surface area contributed by atoms with Gasteiger partial charge in [-0.15, -0.1) is 11.6 Å². The first-order chi connectivity index (χ1) is 8.06. The summed E-state index contributed by atoms with van der Waals surface area (Å²) in [6.07, 6.45) is 11.4. The molecule has 0 aliphatic heterocycles. The van der Waals surface area contributed by atoms with Crippen molar-refractivity contribution in [3.05, 3.63) is 0 Å². The molecule has 17 heavy (non-hydrogen) atoms. The molecule has 0 aromatic rings. The fourth-order valence-corrected chi connectivity index (χ4v) is 2.65. The molecule has 0 atom stereocenters. The van der Waals surface area contributed by atoms with E-state index in [0.29, 0.717) is 6.42 Å². The predicted octanol–water partition coefficient (Wildman–Crippen LogP) is 4.30. The van der Waals surface area contributed by atoms with Crippen LogP contribution in [0.4, 0.5) is 0 Å². The first-order valence-corrected chi connectivity index (χ1v) is 9.00. The molecular formula is C12H26ClO3P. The molecule has 0 saturated heterocycles. The van der Waals surface area contributed by atoms with Crippen molar-refractivity contribution in [2.24, 2.45) is 0 Å². The lowest BCUT2D eigenvalue weighted by atomic mass is 10.1. The van der Waals surface area contributed by atoms with Crippen molar-refractivity contribution in [2.75, 3.05) is 12.0 Å². The second-order valence-electron chi connectivity index (χ2n) is 4.61. The van der Waals surface area contributed by atoms with Crippen LogP contribution >= 0.6 is 19.2 Å². The Hall–Kier alpha value is 0.440. The van der Waals surface area contributed by atoms with E-state index in [1.807, 2.05) is 0 Å². The van der Waals surface area contributed by atoms with Crippen molar-refractivity contribution in [3.8, 4) is 0 Å². The summed E-state index contributed by atoms with van der Waals surface area (Å²) in [5.41, 5.74) is 0. The van der Waals surface area contributed by atoms with Crippen molar-refractivity contribution >= 4 is 19.2 Å². The average molecular weight is 285 g/mol. The smallest absolute Gasteiger partial charge is 0.324 e. The van der Waals surface area contributed by atoms with E-state index < -0.39 is 7.60 Å². The summed E-state index contributed by atoms with van der Waals surface area (Å²) >= 11 is 5.59. The molecular weight excluding hydrogens is 259 g/mol. The largest absolute Gasteiger partial charge is 0.325 e. The van der Waals surface area contributed by atoms with Gasteiger partial charge in [-0.25, -0.2) is 0 Å². The molecule has 104 valence electrons. The van der Waals surface area contributed by atoms with Gasteiger partial charge in [-0.2, -0.15) is 0 Å². The first kappa shape index (κ1) is 17.4. The summed E-state index contributed by atoms with van der Waals surface area (Å²) in [5, 5.41) is 0. The highest BCUT2D eigenvalue weighted by molar-refractivity contribution is 7.51. The molecule has 5 heteroatoms. The van der Waals surface area contributed by atoms with Gasteiger partial charge in [0.2, 0.25) is 0 Å². The molecule has 3 nitrogen and oxygen atoms in total. The molecule has 0 aliphatic carbocycles. The molecule has 0 fully saturated rings. The van der Waals surface area contributed by atoms with Crippen LogP contribution < -0.4 is 0 Å². The molecule has 0 spiro atoms. The quantitative estimate of drug-likeness (QED) is 0.319. The van der Waals surface area contributed by atoms with Crippen LogP contribution in [0.2, 0.25) is 0 Å². The van der Waals surface area contributed by atoms with Gasteiger partial charge >= 0.3 is 7.60 Å². The van der Waals surface area contributed by atoms with Gasteiger partial charge in [0.25, 0.3) is 0 Å². The molecule has 0 rings (SSSR count). The zero-order chi connectivity index (χ0) is 13.0. The highest BCUT2D eigenvalue weighted by Crippen LogP contribution is 2.35. The molecule has 0 radical (unpaired) electrons. The highest BCUT2D eigenvalue weighted by atomic mass is 35.5. The van der Waals surface area contributed by atoms with Gasteiger partial charge < -0.3 is 9.79 Å². The summed E-state index contributed by atoms with van der Waals surface area (Å²) in [4.78, 5) is 17.3. The summed E-state index contributed by atoms with van der Waals surface area (Å²) in [6.45, 7) is 0. The van der Waals surface area contributed by atoms with Crippen LogP contribution in [-0.2, 0) is 4.57 Å². The van der Waals surface area contributed by atoms with Gasteiger partial charge in [0.1, 0.15) is 0 Å². The Morgan fingerprint density at radius 3 is 1.41 bits per heavy atom. The van der Waals surface area contributed by atoms with Crippen molar-refractivity contribution in [1.82, 2.24) is 0 Å². The Morgan fingerprint density at radius 2 is 1.06 bits per heavy atom. The van der Waals surface area contributed by atoms with Crippen LogP contribution in [0.3, 0.4) is 0 Å². The zero-order valence-corrected chi connectivity index (χ0v) is 12.3. The fraction of sp³-hybridized carbons (Fsp3) is 1.00. The lowest BCUT2D eigenvalue weighted by Gasteiger charge is -2.04. The molecule has 0 aliphatic rings. The van der Waals surface area contributed by atoms with Crippen LogP contribution in [0, 0.1) is 0 Å². The minimum Gasteiger partial charge on any atom is -0.324 e. The molecule has 2 N–H and O–H groups in total. The Kier molecular flexibility index (Phi) is 11.8. The van der Waals surface area contributed by atoms with Gasteiger partial charge in [-0.3, -0.25) is 4.57 Å². The first-order valence-electron chi connectivity index (χ1n) is 6.67. The molecule has 0 aromatic carbocycles. The molecule has 0 heterocycles. The van der Waals surface area contributed by atoms with Gasteiger partial charge in [0.15, 0.2) is 0 Å². The summed E-state index contributed by atoms with van der Waals surface area (Å²) in [6, 6.07) is 0. The Balaban J connectivity index is 3.01. The normalized spacial score (nSPS) is 11.9. The number of alkyl halides is 1. The second-order valence-corrected chi connectivity index (χ2v) is 6.77. The third-order valence-electron chi connectivity index (χ3n) is 2.83. The van der Waals surface area contributed by atoms with E-state index in [-0.39, 0.29) is 6.16 Å². The standard InChI is InChI=1S/C12H26ClO3P/c13-11-9-7-5-3-1-2-4-6-8-10-12-17(14,15)16/h1-12H2,(H2,14,15,16). The Bertz CT molecular complexity index is 206. The number of unbranched alkanes of at least 4 members (excludes halogenated alkanes) is 9. The van der Waals surface area contributed by atoms with Gasteiger partial charge in [-0.05, 0) is 12.8 Å². The minimum absolute atomic E-state index is 0.0470. The lowest BCUT2D eigenvalue weighted by Crippen LogP contribution is -1.88. The van der Waals surface area contributed by atoms with E-state index in [2.05, 4.69) is 0 Å². The van der Waals surface area contributed by atoms with Crippen LogP contribution in [0.1, 0.15) is 64.2 Å². The maximum atomic E-state index is 10.6. The maximum Gasteiger partial charge on any atom is 0.325 e. The monoisotopic (exact) mass is 284 g/mol. The van der Waals surface area contributed by atoms with Crippen molar-refractivity contribution in [1.29, 1.82) is 0 Å². The summed E-state index contributed by atoms with van der Waals surface area (Å²) in [7, 11) is -3.75. The van der Waals surface area contributed by atoms with Gasteiger partial charge in [-0.1, -0.05) is 51.4 Å². The topological polar surface area (TPSA) is 57.5 Å². The third-order valence-corrected chi connectivity index (χ3v) is 4.00. The molecule has 0 saturated carbocycles. The van der Waals surface area contributed by atoms with E-state index in [1.165, 1.54) is 38.5 Å². The fourth-order valence-electron chi connectivity index (χ4n) is 1.83. The van der Waals surface area contributed by atoms with Gasteiger partial charge in [0, 0.05) is 12.0 Å². The van der Waals surface area contributed by atoms with Crippen molar-refractivity contribution in [3.63, 3.8) is 0 Å². The van der Waals surface area contributed by atoms with Gasteiger partial charge in [0.05, 0.1) is 0 Å². The van der Waals surface area contributed by atoms with Crippen molar-refractivity contribution < 1.29 is 14.4 Å². The average Bonchev–Trinajstić information content (AvgIpc) is 2.24. The van der Waals surface area contributed by atoms with E-state index >= 15 is 0 Å². The highest BCUT2D eigenvalue weighted by Gasteiger charge is 2.10. The SMILES string of the molecule is O=P(O)(O)CCCCCCCCCCCCCl. The summed E-state index contributed by atoms with van der Waals surface area (Å²) in [5.74, 6) is 0.777. The maximum absolute atomic E-state index is 10.6. The van der Waals surface area contributed by atoms with Crippen LogP contribution in [-0.4, -0.2) is 21.8 Å². The molecule has 0 unspecified atom stereocenters. The van der Waals surface area contributed by atoms with E-state index in [1.54, 1.807) is 0 Å². The van der Waals surface area contributed by atoms with Crippen LogP contribution in [0.15, 0.2) is 0 Å². The number of hydrogen-bond donors (Lipinski definition) is 2. The van der Waals surface area contributed by atoms with E-state index in [4.69, 9.17) is 21.4 Å². The minimum atomic E-state index is -3.75. The number of halogens is 1. The molecule has 0 amide bonds. The molecule has 0 aromatic heterocycles. The molecule has 0 bridgehead atoms. The Morgan fingerprint density at radius 1 is 0.706 bits per heavy atom.